The number of methoxy groups -OCH3 is 2. The SMILES string of the molecule is CCN(CC)c1ccc(N=C2C=C(OC)C(N)=CC2=N)cc1.CCOC(=O)NC1=CC(=O)C(OC)=CC1=Nc1ccc(N(CCO)CCO)cc1C.Cc1cc(N=C2C=CC(=O)C=C2)c(N)cc1O.Cc1cc(NC2=CC(=Nc3ccc(N)cc3C)C(N)=CC2=O)ccc1N.NC1=CC(=O)C=CC1=Nc1ccc(N(CCO)CCO)cc1.Nc1ccc(N=C2C=C(Nc3ccc(N)cc3)C(O)=CC2=O)cc1.O. The molecule has 37 nitrogen and oxygen atoms in total. The number of nitrogens with zero attached hydrogens (tertiary/aromatic N) is 9. The second-order valence-corrected chi connectivity index (χ2v) is 31.4. The lowest BCUT2D eigenvalue weighted by molar-refractivity contribution is -0.114. The molecular formula is C105H119N21O16. The monoisotopic (exact) mass is 1930 g/mol. The van der Waals surface area contributed by atoms with Gasteiger partial charge in [0, 0.05) is 133 Å². The van der Waals surface area contributed by atoms with E-state index in [1.54, 1.807) is 130 Å². The minimum absolute atomic E-state index is 0. The zero-order valence-electron chi connectivity index (χ0n) is 80.0. The fraction of sp³-hybridized carbons (Fsp3) is 0.190. The number of phenolic OH excluding ortho intramolecular Hbond substituents is 1. The number of ether oxygens (including phenoxy) is 3. The largest absolute Gasteiger partial charge is 0.508 e. The third kappa shape index (κ3) is 32.5. The van der Waals surface area contributed by atoms with Crippen LogP contribution >= 0.6 is 0 Å². The van der Waals surface area contributed by atoms with Crippen molar-refractivity contribution in [2.45, 2.75) is 48.5 Å². The number of phenols is 1. The molecule has 8 aromatic carbocycles. The molecule has 0 aromatic heterocycles. The van der Waals surface area contributed by atoms with Gasteiger partial charge in [0.25, 0.3) is 0 Å². The van der Waals surface area contributed by atoms with Crippen LogP contribution in [0.25, 0.3) is 0 Å². The zero-order chi connectivity index (χ0) is 103. The number of carbonyl (C=O) groups excluding carboxylic acids is 6. The van der Waals surface area contributed by atoms with Crippen molar-refractivity contribution >= 4 is 166 Å². The number of hydrogen-bond donors (Lipinski definition) is 18. The lowest BCUT2D eigenvalue weighted by Gasteiger charge is -2.23. The third-order valence-electron chi connectivity index (χ3n) is 21.1. The molecule has 0 aliphatic heterocycles. The number of alkyl carbamates (subject to hydrolysis) is 1. The summed E-state index contributed by atoms with van der Waals surface area (Å²) in [6.45, 7) is 17.2. The van der Waals surface area contributed by atoms with Crippen LogP contribution in [0.5, 0.6) is 5.75 Å². The molecule has 142 heavy (non-hydrogen) atoms. The average molecular weight is 1930 g/mol. The number of nitrogen functional groups attached to an aromatic ring is 5. The standard InChI is InChI=1S/C21H27N3O6.C20H21N5O.C18H16N4O2.C17H22N4O.C16H19N3O3.C13H12N2O2.H2O/c1-4-30-21(28)23-17-12-19(27)20(29-3)13-18(17)22-16-6-5-15(11-14(16)2)24(7-9-25)8-10-26;1-11-8-14(4-5-15(11)22)24-19-10-18(16(23)9-20(19)26)25-17-6-3-13(21)7-12(17)2;19-11-1-5-13(6-2-11)21-15-9-16(18(24)10-17(15)23)22-14-7-3-12(20)4-8-14;1-4-21(5-2)13-8-6-12(7-9-13)20-16-11-17(22-3)15(19)10-14(16)18;17-15-11-14(22)5-6-16(15)18-12-1-3-13(4-2-12)19(7-9-20)8-10-21;1-8-6-12(11(14)7-13(8)17)15-9-2-4-10(16)5-3-9;/h5-6,11-13,25-26H,4,7-10H2,1-3H3,(H,23,28);3-10,24H,21-23H2,1-2H3;1-10,21,23H,19-20H2;6-11,18H,4-5,19H2,1-3H3;1-6,11,20-21H,7-10,17H2;2-7,17H,14H2,1H3;1H2. The van der Waals surface area contributed by atoms with E-state index in [-0.39, 0.29) is 102 Å². The number of rotatable bonds is 27. The summed E-state index contributed by atoms with van der Waals surface area (Å²) in [4.78, 5) is 103. The van der Waals surface area contributed by atoms with E-state index in [0.717, 1.165) is 70.0 Å². The van der Waals surface area contributed by atoms with Crippen LogP contribution in [0.1, 0.15) is 43.0 Å². The number of nitrogens with one attached hydrogen (secondary N) is 4. The van der Waals surface area contributed by atoms with Gasteiger partial charge in [-0.15, -0.1) is 0 Å². The first kappa shape index (κ1) is 110. The molecule has 6 aliphatic carbocycles. The number of aliphatic hydroxyl groups is 5. The summed E-state index contributed by atoms with van der Waals surface area (Å²) >= 11 is 0. The Morgan fingerprint density at radius 1 is 0.387 bits per heavy atom. The van der Waals surface area contributed by atoms with Gasteiger partial charge in [-0.2, -0.15) is 0 Å². The summed E-state index contributed by atoms with van der Waals surface area (Å²) in [5.41, 5.74) is 66.3. The van der Waals surface area contributed by atoms with E-state index in [2.05, 4.69) is 64.7 Å². The fourth-order valence-electron chi connectivity index (χ4n) is 13.6. The number of anilines is 10. The molecule has 0 saturated carbocycles. The molecule has 0 atom stereocenters. The maximum Gasteiger partial charge on any atom is 0.411 e. The Morgan fingerprint density at radius 2 is 0.880 bits per heavy atom. The van der Waals surface area contributed by atoms with Gasteiger partial charge in [0.15, 0.2) is 17.3 Å². The van der Waals surface area contributed by atoms with Gasteiger partial charge in [0.05, 0.1) is 156 Å². The van der Waals surface area contributed by atoms with Crippen LogP contribution in [0, 0.1) is 33.1 Å². The first-order chi connectivity index (χ1) is 67.5. The number of hydrogen-bond acceptors (Lipinski definition) is 35. The Kier molecular flexibility index (Phi) is 41.5. The summed E-state index contributed by atoms with van der Waals surface area (Å²) in [7, 11) is 2.94. The van der Waals surface area contributed by atoms with Crippen molar-refractivity contribution in [3.63, 3.8) is 0 Å². The highest BCUT2D eigenvalue weighted by atomic mass is 16.5. The Morgan fingerprint density at radius 3 is 1.44 bits per heavy atom. The lowest BCUT2D eigenvalue weighted by atomic mass is 10.0. The topological polar surface area (TPSA) is 635 Å². The normalized spacial score (nSPS) is 15.4. The predicted octanol–water partition coefficient (Wildman–Crippen LogP) is 12.3. The zero-order valence-corrected chi connectivity index (χ0v) is 80.0. The van der Waals surface area contributed by atoms with E-state index in [4.69, 9.17) is 75.7 Å². The molecule has 0 radical (unpaired) electrons. The van der Waals surface area contributed by atoms with Crippen LogP contribution in [0.15, 0.2) is 336 Å². The first-order valence-electron chi connectivity index (χ1n) is 44.4. The van der Waals surface area contributed by atoms with Crippen molar-refractivity contribution in [1.29, 1.82) is 5.41 Å². The lowest BCUT2D eigenvalue weighted by Crippen LogP contribution is -2.30. The molecular weight excluding hydrogens is 1810 g/mol. The van der Waals surface area contributed by atoms with E-state index in [9.17, 15) is 49.2 Å². The van der Waals surface area contributed by atoms with Crippen LogP contribution < -0.4 is 76.5 Å². The molecule has 28 N–H and O–H groups in total. The van der Waals surface area contributed by atoms with E-state index in [1.165, 1.54) is 67.5 Å². The molecule has 8 aromatic rings. The van der Waals surface area contributed by atoms with Crippen molar-refractivity contribution in [1.82, 2.24) is 5.32 Å². The number of nitrogens with two attached hydrogens (primary N) is 8. The Balaban J connectivity index is 0.000000210. The van der Waals surface area contributed by atoms with Gasteiger partial charge in [-0.3, -0.25) is 34.7 Å². The summed E-state index contributed by atoms with van der Waals surface area (Å²) in [5, 5.41) is 72.7. The van der Waals surface area contributed by atoms with Crippen LogP contribution in [-0.2, 0) is 38.2 Å². The number of carbonyl (C=O) groups is 6. The summed E-state index contributed by atoms with van der Waals surface area (Å²) < 4.78 is 15.2. The summed E-state index contributed by atoms with van der Waals surface area (Å²) in [6.07, 6.45) is 21.4. The molecule has 0 unspecified atom stereocenters. The molecule has 6 aliphatic rings. The quantitative estimate of drug-likeness (QED) is 0.0129. The van der Waals surface area contributed by atoms with E-state index in [0.29, 0.717) is 146 Å². The average Bonchev–Trinajstić information content (AvgIpc) is 0.824. The number of amides is 1. The summed E-state index contributed by atoms with van der Waals surface area (Å²) in [6, 6.07) is 48.9. The number of benzene rings is 8. The number of ketones is 5. The van der Waals surface area contributed by atoms with Crippen LogP contribution in [0.2, 0.25) is 0 Å². The molecule has 14 rings (SSSR count). The highest BCUT2D eigenvalue weighted by molar-refractivity contribution is 6.51. The Hall–Kier alpha value is -17.7. The smallest absolute Gasteiger partial charge is 0.411 e. The van der Waals surface area contributed by atoms with Crippen LogP contribution in [-0.4, -0.2) is 198 Å². The maximum absolute atomic E-state index is 12.3. The van der Waals surface area contributed by atoms with Crippen molar-refractivity contribution in [3.05, 3.63) is 329 Å². The molecule has 0 bridgehead atoms. The summed E-state index contributed by atoms with van der Waals surface area (Å²) in [5.74, 6) is -0.515. The molecule has 1 amide bonds. The molecule has 740 valence electrons. The predicted molar refractivity (Wildman–Crippen MR) is 566 cm³/mol. The number of aliphatic hydroxyl groups excluding tert-OH is 5. The van der Waals surface area contributed by atoms with Crippen molar-refractivity contribution in [3.8, 4) is 5.75 Å². The fourth-order valence-corrected chi connectivity index (χ4v) is 13.6. The van der Waals surface area contributed by atoms with Crippen LogP contribution in [0.3, 0.4) is 0 Å². The number of allylic oxidation sites excluding steroid dienone is 15. The highest BCUT2D eigenvalue weighted by Gasteiger charge is 2.25. The Bertz CT molecular complexity index is 6540. The molecule has 0 spiro atoms. The van der Waals surface area contributed by atoms with Gasteiger partial charge in [-0.25, -0.2) is 34.7 Å². The third-order valence-corrected chi connectivity index (χ3v) is 21.1. The van der Waals surface area contributed by atoms with E-state index < -0.39 is 6.09 Å². The van der Waals surface area contributed by atoms with Gasteiger partial charge in [0.1, 0.15) is 23.0 Å². The first-order valence-corrected chi connectivity index (χ1v) is 44.4. The molecule has 37 heteroatoms. The minimum atomic E-state index is -0.686. The van der Waals surface area contributed by atoms with Gasteiger partial charge in [-0.1, -0.05) is 0 Å². The number of aryl methyl sites for hydroxylation is 4. The molecule has 0 heterocycles. The van der Waals surface area contributed by atoms with Gasteiger partial charge < -0.3 is 122 Å². The second kappa shape index (κ2) is 53.7. The highest BCUT2D eigenvalue weighted by Crippen LogP contribution is 2.34. The minimum Gasteiger partial charge on any atom is -0.508 e. The number of aliphatic imine (C=N–C) groups is 6. The number of aromatic hydroxyl groups is 1. The van der Waals surface area contributed by atoms with E-state index in [1.807, 2.05) is 116 Å². The van der Waals surface area contributed by atoms with Crippen molar-refractivity contribution < 1.29 is 79.1 Å². The van der Waals surface area contributed by atoms with Crippen molar-refractivity contribution in [2.24, 2.45) is 47.2 Å². The maximum atomic E-state index is 12.3. The molecule has 0 fully saturated rings. The second-order valence-electron chi connectivity index (χ2n) is 31.4. The van der Waals surface area contributed by atoms with Gasteiger partial charge >= 0.3 is 6.09 Å². The Labute approximate surface area is 822 Å². The molecule has 0 saturated heterocycles. The van der Waals surface area contributed by atoms with Crippen LogP contribution in [0.4, 0.5) is 95.8 Å². The van der Waals surface area contributed by atoms with Crippen molar-refractivity contribution in [2.75, 3.05) is 141 Å². The van der Waals surface area contributed by atoms with E-state index >= 15 is 0 Å². The van der Waals surface area contributed by atoms with Gasteiger partial charge in [-0.05, 0) is 283 Å². The van der Waals surface area contributed by atoms with Gasteiger partial charge in [0.2, 0.25) is 17.3 Å².